The first kappa shape index (κ1) is 20.9. The molecule has 1 heterocycles. The molecule has 4 nitrogen and oxygen atoms in total. The maximum absolute atomic E-state index is 13.5. The third kappa shape index (κ3) is 4.54. The molecule has 4 aromatic rings. The van der Waals surface area contributed by atoms with E-state index in [0.29, 0.717) is 16.6 Å². The summed E-state index contributed by atoms with van der Waals surface area (Å²) >= 11 is 6.41. The molecule has 0 saturated heterocycles. The summed E-state index contributed by atoms with van der Waals surface area (Å²) in [5.74, 6) is -0.417. The van der Waals surface area contributed by atoms with Crippen molar-refractivity contribution in [3.63, 3.8) is 0 Å². The van der Waals surface area contributed by atoms with Crippen LogP contribution in [0.25, 0.3) is 5.69 Å². The average Bonchev–Trinajstić information content (AvgIpc) is 3.19. The van der Waals surface area contributed by atoms with Gasteiger partial charge in [-0.3, -0.25) is 4.79 Å². The minimum atomic E-state index is -0.556. The zero-order valence-corrected chi connectivity index (χ0v) is 18.2. The average molecular weight is 431 g/mol. The van der Waals surface area contributed by atoms with Crippen molar-refractivity contribution < 1.29 is 9.53 Å². The summed E-state index contributed by atoms with van der Waals surface area (Å²) in [5, 5.41) is 5.18. The van der Waals surface area contributed by atoms with E-state index in [-0.39, 0.29) is 11.9 Å². The van der Waals surface area contributed by atoms with Crippen molar-refractivity contribution in [1.82, 2.24) is 9.78 Å². The Balaban J connectivity index is 1.75. The van der Waals surface area contributed by atoms with Gasteiger partial charge < -0.3 is 4.74 Å². The highest BCUT2D eigenvalue weighted by Crippen LogP contribution is 2.31. The Morgan fingerprint density at radius 1 is 0.871 bits per heavy atom. The van der Waals surface area contributed by atoms with Crippen molar-refractivity contribution in [3.8, 4) is 11.6 Å². The SMILES string of the molecule is CC(C)c1cc(OC(=O)C(c2ccccc2)c2ccccc2)n(-c2ccccc2Cl)n1. The molecular formula is C26H23ClN2O2. The molecule has 0 aliphatic rings. The number of hydrogen-bond donors (Lipinski definition) is 0. The summed E-state index contributed by atoms with van der Waals surface area (Å²) in [6.07, 6.45) is 0. The highest BCUT2D eigenvalue weighted by molar-refractivity contribution is 6.32. The van der Waals surface area contributed by atoms with Crippen LogP contribution in [0.2, 0.25) is 5.02 Å². The Kier molecular flexibility index (Phi) is 6.19. The number of aromatic nitrogens is 2. The van der Waals surface area contributed by atoms with Crippen LogP contribution in [0.3, 0.4) is 0 Å². The quantitative estimate of drug-likeness (QED) is 0.333. The van der Waals surface area contributed by atoms with Crippen LogP contribution in [0.1, 0.15) is 42.5 Å². The molecule has 3 aromatic carbocycles. The van der Waals surface area contributed by atoms with Crippen molar-refractivity contribution in [1.29, 1.82) is 0 Å². The predicted octanol–water partition coefficient (Wildman–Crippen LogP) is 6.39. The molecule has 0 fully saturated rings. The first-order chi connectivity index (χ1) is 15.0. The van der Waals surface area contributed by atoms with Crippen molar-refractivity contribution in [3.05, 3.63) is 113 Å². The molecule has 4 rings (SSSR count). The number of benzene rings is 3. The van der Waals surface area contributed by atoms with Crippen LogP contribution in [-0.2, 0) is 4.79 Å². The Morgan fingerprint density at radius 3 is 1.97 bits per heavy atom. The van der Waals surface area contributed by atoms with E-state index < -0.39 is 5.92 Å². The summed E-state index contributed by atoms with van der Waals surface area (Å²) in [4.78, 5) is 13.5. The van der Waals surface area contributed by atoms with E-state index in [1.54, 1.807) is 16.8 Å². The maximum atomic E-state index is 13.5. The van der Waals surface area contributed by atoms with Gasteiger partial charge in [0.25, 0.3) is 0 Å². The number of carbonyl (C=O) groups excluding carboxylic acids is 1. The van der Waals surface area contributed by atoms with Crippen molar-refractivity contribution in [2.75, 3.05) is 0 Å². The lowest BCUT2D eigenvalue weighted by Gasteiger charge is -2.17. The third-order valence-electron chi connectivity index (χ3n) is 5.07. The van der Waals surface area contributed by atoms with Crippen molar-refractivity contribution in [2.24, 2.45) is 0 Å². The molecule has 5 heteroatoms. The minimum Gasteiger partial charge on any atom is -0.407 e. The lowest BCUT2D eigenvalue weighted by atomic mass is 9.91. The first-order valence-corrected chi connectivity index (χ1v) is 10.6. The van der Waals surface area contributed by atoms with Gasteiger partial charge in [-0.2, -0.15) is 9.78 Å². The molecule has 0 spiro atoms. The minimum absolute atomic E-state index is 0.167. The van der Waals surface area contributed by atoms with Gasteiger partial charge in [0.1, 0.15) is 5.92 Å². The Labute approximate surface area is 187 Å². The number of ether oxygens (including phenoxy) is 1. The lowest BCUT2D eigenvalue weighted by molar-refractivity contribution is -0.135. The summed E-state index contributed by atoms with van der Waals surface area (Å²) in [6, 6.07) is 28.4. The van der Waals surface area contributed by atoms with Crippen LogP contribution >= 0.6 is 11.6 Å². The summed E-state index contributed by atoms with van der Waals surface area (Å²) < 4.78 is 7.56. The van der Waals surface area contributed by atoms with Crippen LogP contribution in [0, 0.1) is 0 Å². The van der Waals surface area contributed by atoms with Gasteiger partial charge in [-0.15, -0.1) is 0 Å². The van der Waals surface area contributed by atoms with Gasteiger partial charge in [0.05, 0.1) is 16.4 Å². The van der Waals surface area contributed by atoms with Gasteiger partial charge in [-0.25, -0.2) is 0 Å². The van der Waals surface area contributed by atoms with E-state index in [1.807, 2.05) is 92.7 Å². The predicted molar refractivity (Wildman–Crippen MR) is 123 cm³/mol. The number of carbonyl (C=O) groups is 1. The molecule has 0 aliphatic carbocycles. The smallest absolute Gasteiger partial charge is 0.324 e. The van der Waals surface area contributed by atoms with Gasteiger partial charge in [0, 0.05) is 6.07 Å². The van der Waals surface area contributed by atoms with Crippen molar-refractivity contribution >= 4 is 17.6 Å². The molecule has 0 unspecified atom stereocenters. The van der Waals surface area contributed by atoms with E-state index in [0.717, 1.165) is 16.8 Å². The van der Waals surface area contributed by atoms with Crippen LogP contribution in [-0.4, -0.2) is 15.7 Å². The Bertz CT molecular complexity index is 1130. The van der Waals surface area contributed by atoms with Gasteiger partial charge in [-0.05, 0) is 29.2 Å². The van der Waals surface area contributed by atoms with Crippen LogP contribution < -0.4 is 4.74 Å². The summed E-state index contributed by atoms with van der Waals surface area (Å²) in [7, 11) is 0. The van der Waals surface area contributed by atoms with Crippen LogP contribution in [0.4, 0.5) is 0 Å². The molecule has 0 saturated carbocycles. The standard InChI is InChI=1S/C26H23ClN2O2/c1-18(2)22-17-24(29(28-22)23-16-10-9-15-21(23)27)31-26(30)25(19-11-5-3-6-12-19)20-13-7-4-8-14-20/h3-18,25H,1-2H3. The Hall–Kier alpha value is -3.37. The van der Waals surface area contributed by atoms with Crippen LogP contribution in [0.15, 0.2) is 91.0 Å². The molecule has 0 radical (unpaired) electrons. The number of hydrogen-bond acceptors (Lipinski definition) is 3. The van der Waals surface area contributed by atoms with Gasteiger partial charge >= 0.3 is 5.97 Å². The number of para-hydroxylation sites is 1. The molecule has 0 bridgehead atoms. The van der Waals surface area contributed by atoms with Gasteiger partial charge in [0.15, 0.2) is 0 Å². The van der Waals surface area contributed by atoms with E-state index in [1.165, 1.54) is 0 Å². The Morgan fingerprint density at radius 2 is 1.42 bits per heavy atom. The van der Waals surface area contributed by atoms with E-state index in [4.69, 9.17) is 16.3 Å². The fraction of sp³-hybridized carbons (Fsp3) is 0.154. The summed E-state index contributed by atoms with van der Waals surface area (Å²) in [5.41, 5.74) is 3.21. The number of rotatable bonds is 6. The first-order valence-electron chi connectivity index (χ1n) is 10.2. The molecular weight excluding hydrogens is 408 g/mol. The fourth-order valence-electron chi connectivity index (χ4n) is 3.45. The molecule has 1 aromatic heterocycles. The highest BCUT2D eigenvalue weighted by atomic mass is 35.5. The third-order valence-corrected chi connectivity index (χ3v) is 5.39. The second-order valence-electron chi connectivity index (χ2n) is 7.60. The highest BCUT2D eigenvalue weighted by Gasteiger charge is 2.27. The molecule has 0 atom stereocenters. The zero-order valence-electron chi connectivity index (χ0n) is 17.4. The van der Waals surface area contributed by atoms with E-state index in [2.05, 4.69) is 5.10 Å². The van der Waals surface area contributed by atoms with Gasteiger partial charge in [0.2, 0.25) is 5.88 Å². The largest absolute Gasteiger partial charge is 0.407 e. The lowest BCUT2D eigenvalue weighted by Crippen LogP contribution is -2.21. The topological polar surface area (TPSA) is 44.1 Å². The molecule has 0 aliphatic heterocycles. The van der Waals surface area contributed by atoms with E-state index in [9.17, 15) is 4.79 Å². The number of esters is 1. The van der Waals surface area contributed by atoms with Crippen LogP contribution in [0.5, 0.6) is 5.88 Å². The molecule has 156 valence electrons. The zero-order chi connectivity index (χ0) is 21.8. The fourth-order valence-corrected chi connectivity index (χ4v) is 3.67. The second-order valence-corrected chi connectivity index (χ2v) is 8.01. The monoisotopic (exact) mass is 430 g/mol. The molecule has 0 amide bonds. The normalized spacial score (nSPS) is 11.1. The second kappa shape index (κ2) is 9.19. The number of nitrogens with zero attached hydrogens (tertiary/aromatic N) is 2. The molecule has 0 N–H and O–H groups in total. The maximum Gasteiger partial charge on any atom is 0.324 e. The van der Waals surface area contributed by atoms with E-state index >= 15 is 0 Å². The number of halogens is 1. The van der Waals surface area contributed by atoms with Crippen molar-refractivity contribution in [2.45, 2.75) is 25.7 Å². The summed E-state index contributed by atoms with van der Waals surface area (Å²) in [6.45, 7) is 4.09. The molecule has 31 heavy (non-hydrogen) atoms. The van der Waals surface area contributed by atoms with Gasteiger partial charge in [-0.1, -0.05) is 98.2 Å².